The molecule has 1 unspecified atom stereocenters. The van der Waals surface area contributed by atoms with Crippen molar-refractivity contribution in [2.24, 2.45) is 5.92 Å². The van der Waals surface area contributed by atoms with Crippen molar-refractivity contribution in [3.05, 3.63) is 24.3 Å². The molecule has 19 heavy (non-hydrogen) atoms. The molecule has 0 spiro atoms. The Labute approximate surface area is 113 Å². The highest BCUT2D eigenvalue weighted by Crippen LogP contribution is 2.34. The molecule has 0 saturated heterocycles. The highest BCUT2D eigenvalue weighted by atomic mass is 16.5. The van der Waals surface area contributed by atoms with Gasteiger partial charge >= 0.3 is 0 Å². The Morgan fingerprint density at radius 1 is 1.26 bits per heavy atom. The Bertz CT molecular complexity index is 531. The number of rotatable bonds is 4. The minimum Gasteiger partial charge on any atom is -0.356 e. The van der Waals surface area contributed by atoms with Crippen molar-refractivity contribution in [1.29, 1.82) is 0 Å². The minimum absolute atomic E-state index is 0.0395. The first-order valence-corrected chi connectivity index (χ1v) is 7.31. The van der Waals surface area contributed by atoms with E-state index in [9.17, 15) is 0 Å². The van der Waals surface area contributed by atoms with Crippen molar-refractivity contribution in [3.63, 3.8) is 0 Å². The molecule has 1 saturated carbocycles. The molecule has 0 N–H and O–H groups in total. The zero-order valence-corrected chi connectivity index (χ0v) is 11.5. The fourth-order valence-electron chi connectivity index (χ4n) is 3.07. The molecule has 0 amide bonds. The maximum Gasteiger partial charge on any atom is 0.155 e. The number of nitrogens with zero attached hydrogens (tertiary/aromatic N) is 3. The average molecular weight is 259 g/mol. The van der Waals surface area contributed by atoms with Gasteiger partial charge in [-0.3, -0.25) is 0 Å². The second-order valence-electron chi connectivity index (χ2n) is 5.27. The van der Waals surface area contributed by atoms with Gasteiger partial charge in [-0.05, 0) is 31.9 Å². The predicted octanol–water partition coefficient (Wildman–Crippen LogP) is 3.55. The van der Waals surface area contributed by atoms with Crippen LogP contribution >= 0.6 is 0 Å². The zero-order valence-electron chi connectivity index (χ0n) is 11.5. The largest absolute Gasteiger partial charge is 0.356 e. The predicted molar refractivity (Wildman–Crippen MR) is 74.8 cm³/mol. The van der Waals surface area contributed by atoms with Crippen LogP contribution in [0.1, 0.15) is 45.3 Å². The van der Waals surface area contributed by atoms with Crippen LogP contribution in [-0.2, 0) is 4.74 Å². The van der Waals surface area contributed by atoms with Crippen LogP contribution < -0.4 is 0 Å². The number of hydrogen-bond donors (Lipinski definition) is 0. The van der Waals surface area contributed by atoms with E-state index in [1.165, 1.54) is 32.1 Å². The zero-order chi connectivity index (χ0) is 13.1. The van der Waals surface area contributed by atoms with E-state index in [0.717, 1.165) is 17.6 Å². The molecule has 0 bridgehead atoms. The third-order valence-electron chi connectivity index (χ3n) is 4.01. The standard InChI is InChI=1S/C15H21N3O/c1-2-19-15(12-8-4-3-5-9-12)18-14-11-7-6-10-13(14)16-17-18/h6-7,10-12,15H,2-5,8-9H2,1H3. The van der Waals surface area contributed by atoms with E-state index in [0.29, 0.717) is 5.92 Å². The van der Waals surface area contributed by atoms with Gasteiger partial charge in [0.05, 0.1) is 5.52 Å². The van der Waals surface area contributed by atoms with Gasteiger partial charge in [0.1, 0.15) is 5.52 Å². The summed E-state index contributed by atoms with van der Waals surface area (Å²) in [5.74, 6) is 0.568. The average Bonchev–Trinajstić information content (AvgIpc) is 2.89. The fourth-order valence-corrected chi connectivity index (χ4v) is 3.07. The number of para-hydroxylation sites is 1. The van der Waals surface area contributed by atoms with Crippen molar-refractivity contribution in [2.75, 3.05) is 6.61 Å². The van der Waals surface area contributed by atoms with Gasteiger partial charge in [0.2, 0.25) is 0 Å². The Hall–Kier alpha value is -1.42. The smallest absolute Gasteiger partial charge is 0.155 e. The number of aromatic nitrogens is 3. The lowest BCUT2D eigenvalue weighted by molar-refractivity contribution is -0.0499. The Balaban J connectivity index is 1.94. The van der Waals surface area contributed by atoms with Crippen molar-refractivity contribution < 1.29 is 4.74 Å². The van der Waals surface area contributed by atoms with E-state index >= 15 is 0 Å². The van der Waals surface area contributed by atoms with Gasteiger partial charge in [0.25, 0.3) is 0 Å². The van der Waals surface area contributed by atoms with Crippen LogP contribution in [0.2, 0.25) is 0 Å². The van der Waals surface area contributed by atoms with Gasteiger partial charge in [0.15, 0.2) is 6.23 Å². The maximum atomic E-state index is 5.99. The summed E-state index contributed by atoms with van der Waals surface area (Å²) in [6.45, 7) is 2.77. The van der Waals surface area contributed by atoms with Gasteiger partial charge in [-0.15, -0.1) is 5.10 Å². The van der Waals surface area contributed by atoms with E-state index < -0.39 is 0 Å². The Morgan fingerprint density at radius 2 is 2.05 bits per heavy atom. The van der Waals surface area contributed by atoms with E-state index in [1.807, 2.05) is 22.9 Å². The van der Waals surface area contributed by atoms with Crippen molar-refractivity contribution in [2.45, 2.75) is 45.3 Å². The molecule has 1 heterocycles. The third kappa shape index (κ3) is 2.50. The molecule has 102 valence electrons. The van der Waals surface area contributed by atoms with Gasteiger partial charge < -0.3 is 4.74 Å². The lowest BCUT2D eigenvalue weighted by Gasteiger charge is -2.30. The topological polar surface area (TPSA) is 39.9 Å². The molecule has 1 atom stereocenters. The SMILES string of the molecule is CCOC(C1CCCCC1)n1nnc2ccccc21. The highest BCUT2D eigenvalue weighted by molar-refractivity contribution is 5.73. The van der Waals surface area contributed by atoms with E-state index in [4.69, 9.17) is 4.74 Å². The summed E-state index contributed by atoms with van der Waals surface area (Å²) in [5.41, 5.74) is 2.02. The molecule has 3 rings (SSSR count). The molecule has 1 aromatic carbocycles. The molecule has 4 nitrogen and oxygen atoms in total. The lowest BCUT2D eigenvalue weighted by atomic mass is 9.88. The first-order valence-electron chi connectivity index (χ1n) is 7.31. The maximum absolute atomic E-state index is 5.99. The molecule has 1 fully saturated rings. The second-order valence-corrected chi connectivity index (χ2v) is 5.27. The summed E-state index contributed by atoms with van der Waals surface area (Å²) in [6, 6.07) is 8.11. The third-order valence-corrected chi connectivity index (χ3v) is 4.01. The number of fused-ring (bicyclic) bond motifs is 1. The van der Waals surface area contributed by atoms with Crippen LogP contribution in [0, 0.1) is 5.92 Å². The summed E-state index contributed by atoms with van der Waals surface area (Å²) in [6.07, 6.45) is 6.48. The number of benzene rings is 1. The highest BCUT2D eigenvalue weighted by Gasteiger charge is 2.27. The van der Waals surface area contributed by atoms with Crippen LogP contribution in [0.25, 0.3) is 11.0 Å². The summed E-state index contributed by atoms with van der Waals surface area (Å²) in [5, 5.41) is 8.58. The molecule has 4 heteroatoms. The molecule has 1 aliphatic carbocycles. The van der Waals surface area contributed by atoms with Crippen molar-refractivity contribution in [3.8, 4) is 0 Å². The summed E-state index contributed by atoms with van der Waals surface area (Å²) in [7, 11) is 0. The minimum atomic E-state index is 0.0395. The Kier molecular flexibility index (Phi) is 3.78. The molecule has 2 aromatic rings. The normalized spacial score (nSPS) is 18.8. The first kappa shape index (κ1) is 12.6. The molecule has 0 aliphatic heterocycles. The van der Waals surface area contributed by atoms with E-state index in [2.05, 4.69) is 23.3 Å². The van der Waals surface area contributed by atoms with Crippen LogP contribution in [0.15, 0.2) is 24.3 Å². The summed E-state index contributed by atoms with van der Waals surface area (Å²) in [4.78, 5) is 0. The van der Waals surface area contributed by atoms with Crippen molar-refractivity contribution in [1.82, 2.24) is 15.0 Å². The number of ether oxygens (including phenoxy) is 1. The second kappa shape index (κ2) is 5.70. The van der Waals surface area contributed by atoms with Crippen molar-refractivity contribution >= 4 is 11.0 Å². The quantitative estimate of drug-likeness (QED) is 0.843. The molecule has 0 radical (unpaired) electrons. The van der Waals surface area contributed by atoms with Crippen LogP contribution in [0.5, 0.6) is 0 Å². The monoisotopic (exact) mass is 259 g/mol. The van der Waals surface area contributed by atoms with Crippen LogP contribution in [0.3, 0.4) is 0 Å². The molecular formula is C15H21N3O. The van der Waals surface area contributed by atoms with Gasteiger partial charge in [0, 0.05) is 12.5 Å². The molecular weight excluding hydrogens is 238 g/mol. The summed E-state index contributed by atoms with van der Waals surface area (Å²) < 4.78 is 7.98. The first-order chi connectivity index (χ1) is 9.40. The molecule has 1 aliphatic rings. The van der Waals surface area contributed by atoms with Gasteiger partial charge in [-0.25, -0.2) is 4.68 Å². The Morgan fingerprint density at radius 3 is 2.84 bits per heavy atom. The van der Waals surface area contributed by atoms with Gasteiger partial charge in [-0.2, -0.15) is 0 Å². The van der Waals surface area contributed by atoms with Crippen LogP contribution in [0.4, 0.5) is 0 Å². The van der Waals surface area contributed by atoms with Gasteiger partial charge in [-0.1, -0.05) is 36.6 Å². The lowest BCUT2D eigenvalue weighted by Crippen LogP contribution is -2.25. The molecule has 1 aromatic heterocycles. The van der Waals surface area contributed by atoms with E-state index in [-0.39, 0.29) is 6.23 Å². The van der Waals surface area contributed by atoms with Crippen LogP contribution in [-0.4, -0.2) is 21.6 Å². The number of hydrogen-bond acceptors (Lipinski definition) is 3. The summed E-state index contributed by atoms with van der Waals surface area (Å²) >= 11 is 0. The van der Waals surface area contributed by atoms with E-state index in [1.54, 1.807) is 0 Å². The fraction of sp³-hybridized carbons (Fsp3) is 0.600.